The Bertz CT molecular complexity index is 930. The van der Waals surface area contributed by atoms with Gasteiger partial charge in [0.05, 0.1) is 10.6 Å². The largest absolute Gasteiger partial charge is 0.370 e. The highest BCUT2D eigenvalue weighted by Crippen LogP contribution is 2.35. The molecule has 3 aromatic rings. The van der Waals surface area contributed by atoms with Gasteiger partial charge in [-0.15, -0.1) is 0 Å². The summed E-state index contributed by atoms with van der Waals surface area (Å²) in [5, 5.41) is 3.41. The summed E-state index contributed by atoms with van der Waals surface area (Å²) in [6.07, 6.45) is 0. The Morgan fingerprint density at radius 2 is 1.88 bits per heavy atom. The molecule has 0 unspecified atom stereocenters. The molecule has 0 aliphatic carbocycles. The zero-order valence-electron chi connectivity index (χ0n) is 13.6. The summed E-state index contributed by atoms with van der Waals surface area (Å²) < 4.78 is 0. The molecular formula is C18H17N5OS. The fourth-order valence-corrected chi connectivity index (χ4v) is 3.29. The summed E-state index contributed by atoms with van der Waals surface area (Å²) in [6.45, 7) is 1.90. The predicted molar refractivity (Wildman–Crippen MR) is 102 cm³/mol. The minimum atomic E-state index is -0.153. The highest BCUT2D eigenvalue weighted by atomic mass is 32.1. The van der Waals surface area contributed by atoms with Gasteiger partial charge >= 0.3 is 0 Å². The maximum Gasteiger partial charge on any atom is 0.255 e. The molecule has 25 heavy (non-hydrogen) atoms. The van der Waals surface area contributed by atoms with Gasteiger partial charge in [0.2, 0.25) is 5.13 Å². The molecular weight excluding hydrogens is 334 g/mol. The van der Waals surface area contributed by atoms with Crippen molar-refractivity contribution in [2.24, 2.45) is 16.5 Å². The summed E-state index contributed by atoms with van der Waals surface area (Å²) in [4.78, 5) is 21.6. The van der Waals surface area contributed by atoms with Gasteiger partial charge < -0.3 is 16.8 Å². The van der Waals surface area contributed by atoms with Crippen LogP contribution in [0.15, 0.2) is 59.6 Å². The van der Waals surface area contributed by atoms with Gasteiger partial charge in [-0.3, -0.25) is 4.79 Å². The number of amides is 1. The lowest BCUT2D eigenvalue weighted by molar-refractivity contribution is 0.102. The first-order valence-electron chi connectivity index (χ1n) is 7.57. The van der Waals surface area contributed by atoms with Crippen LogP contribution in [-0.2, 0) is 0 Å². The minimum Gasteiger partial charge on any atom is -0.370 e. The summed E-state index contributed by atoms with van der Waals surface area (Å²) in [6, 6.07) is 16.7. The molecule has 0 aliphatic rings. The molecule has 5 N–H and O–H groups in total. The van der Waals surface area contributed by atoms with Crippen molar-refractivity contribution in [2.45, 2.75) is 6.92 Å². The third kappa shape index (κ3) is 4.02. The predicted octanol–water partition coefficient (Wildman–Crippen LogP) is 3.28. The van der Waals surface area contributed by atoms with Crippen LogP contribution in [0.3, 0.4) is 0 Å². The molecule has 6 nitrogen and oxygen atoms in total. The number of carbonyl (C=O) groups excluding carboxylic acids is 1. The second-order valence-electron chi connectivity index (χ2n) is 5.35. The molecule has 3 rings (SSSR count). The highest BCUT2D eigenvalue weighted by Gasteiger charge is 2.11. The zero-order valence-corrected chi connectivity index (χ0v) is 14.4. The number of nitrogens with zero attached hydrogens (tertiary/aromatic N) is 2. The normalized spacial score (nSPS) is 10.3. The Kier molecular flexibility index (Phi) is 4.76. The van der Waals surface area contributed by atoms with Gasteiger partial charge in [0.1, 0.15) is 0 Å². The van der Waals surface area contributed by atoms with E-state index in [1.807, 2.05) is 49.4 Å². The number of guanidine groups is 1. The fraction of sp³-hybridized carbons (Fsp3) is 0.0556. The van der Waals surface area contributed by atoms with Crippen molar-refractivity contribution < 1.29 is 4.79 Å². The molecule has 0 aliphatic heterocycles. The fourth-order valence-electron chi connectivity index (χ4n) is 2.34. The average molecular weight is 351 g/mol. The molecule has 0 saturated heterocycles. The minimum absolute atomic E-state index is 0.0239. The van der Waals surface area contributed by atoms with E-state index in [1.165, 1.54) is 11.3 Å². The maximum absolute atomic E-state index is 12.3. The van der Waals surface area contributed by atoms with Gasteiger partial charge in [-0.2, -0.15) is 4.99 Å². The standard InChI is InChI=1S/C18H17N5OS/c1-11-15(25-18(21-11)23-17(19)20)13-8-5-9-14(10-13)22-16(24)12-6-3-2-4-7-12/h2-10H,1H3,(H,22,24)(H4,19,20,21,23). The van der Waals surface area contributed by atoms with Crippen LogP contribution in [0.2, 0.25) is 0 Å². The van der Waals surface area contributed by atoms with E-state index in [0.717, 1.165) is 16.1 Å². The van der Waals surface area contributed by atoms with Crippen LogP contribution in [0.1, 0.15) is 16.1 Å². The first-order valence-corrected chi connectivity index (χ1v) is 8.38. The van der Waals surface area contributed by atoms with Gasteiger partial charge in [-0.05, 0) is 36.8 Å². The Morgan fingerprint density at radius 3 is 2.60 bits per heavy atom. The van der Waals surface area contributed by atoms with Crippen LogP contribution in [0.25, 0.3) is 10.4 Å². The monoisotopic (exact) mass is 351 g/mol. The van der Waals surface area contributed by atoms with Crippen LogP contribution in [0.5, 0.6) is 0 Å². The van der Waals surface area contributed by atoms with Crippen molar-refractivity contribution in [3.8, 4) is 10.4 Å². The van der Waals surface area contributed by atoms with Crippen molar-refractivity contribution in [3.63, 3.8) is 0 Å². The van der Waals surface area contributed by atoms with E-state index in [9.17, 15) is 4.79 Å². The van der Waals surface area contributed by atoms with E-state index in [1.54, 1.807) is 12.1 Å². The van der Waals surface area contributed by atoms with Crippen molar-refractivity contribution in [3.05, 3.63) is 65.9 Å². The average Bonchev–Trinajstić information content (AvgIpc) is 2.95. The summed E-state index contributed by atoms with van der Waals surface area (Å²) in [5.41, 5.74) is 13.9. The summed E-state index contributed by atoms with van der Waals surface area (Å²) in [7, 11) is 0. The second-order valence-corrected chi connectivity index (χ2v) is 6.33. The molecule has 0 saturated carbocycles. The maximum atomic E-state index is 12.3. The van der Waals surface area contributed by atoms with E-state index < -0.39 is 0 Å². The van der Waals surface area contributed by atoms with Crippen LogP contribution in [0, 0.1) is 6.92 Å². The molecule has 1 heterocycles. The van der Waals surface area contributed by atoms with E-state index in [0.29, 0.717) is 16.4 Å². The first kappa shape index (κ1) is 16.7. The van der Waals surface area contributed by atoms with Crippen molar-refractivity contribution in [1.82, 2.24) is 4.98 Å². The van der Waals surface area contributed by atoms with Gasteiger partial charge in [-0.1, -0.05) is 41.7 Å². The number of nitrogens with one attached hydrogen (secondary N) is 1. The Morgan fingerprint density at radius 1 is 1.12 bits per heavy atom. The van der Waals surface area contributed by atoms with Gasteiger partial charge in [0, 0.05) is 11.3 Å². The molecule has 126 valence electrons. The first-order chi connectivity index (χ1) is 12.0. The third-order valence-electron chi connectivity index (χ3n) is 3.43. The van der Waals surface area contributed by atoms with Crippen molar-refractivity contribution in [1.29, 1.82) is 0 Å². The third-order valence-corrected chi connectivity index (χ3v) is 4.53. The number of anilines is 1. The van der Waals surface area contributed by atoms with Gasteiger partial charge in [-0.25, -0.2) is 4.98 Å². The molecule has 0 bridgehead atoms. The molecule has 0 spiro atoms. The van der Waals surface area contributed by atoms with E-state index in [4.69, 9.17) is 11.5 Å². The number of benzene rings is 2. The quantitative estimate of drug-likeness (QED) is 0.495. The molecule has 1 amide bonds. The van der Waals surface area contributed by atoms with Crippen LogP contribution < -0.4 is 16.8 Å². The van der Waals surface area contributed by atoms with E-state index >= 15 is 0 Å². The molecule has 0 fully saturated rings. The van der Waals surface area contributed by atoms with Crippen LogP contribution in [-0.4, -0.2) is 16.9 Å². The summed E-state index contributed by atoms with van der Waals surface area (Å²) in [5.74, 6) is -0.177. The lowest BCUT2D eigenvalue weighted by Gasteiger charge is -2.07. The van der Waals surface area contributed by atoms with Gasteiger partial charge in [0.25, 0.3) is 5.91 Å². The SMILES string of the molecule is Cc1nc(N=C(N)N)sc1-c1cccc(NC(=O)c2ccccc2)c1. The topological polar surface area (TPSA) is 106 Å². The lowest BCUT2D eigenvalue weighted by Crippen LogP contribution is -2.21. The summed E-state index contributed by atoms with van der Waals surface area (Å²) >= 11 is 1.39. The Balaban J connectivity index is 1.86. The van der Waals surface area contributed by atoms with Crippen LogP contribution in [0.4, 0.5) is 10.8 Å². The molecule has 0 radical (unpaired) electrons. The number of nitrogens with two attached hydrogens (primary N) is 2. The number of aliphatic imine (C=N–C) groups is 1. The zero-order chi connectivity index (χ0) is 17.8. The van der Waals surface area contributed by atoms with E-state index in [2.05, 4.69) is 15.3 Å². The van der Waals surface area contributed by atoms with Crippen LogP contribution >= 0.6 is 11.3 Å². The lowest BCUT2D eigenvalue weighted by atomic mass is 10.1. The number of aromatic nitrogens is 1. The number of hydrogen-bond acceptors (Lipinski definition) is 4. The Hall–Kier alpha value is -3.19. The van der Waals surface area contributed by atoms with Crippen molar-refractivity contribution >= 4 is 34.0 Å². The van der Waals surface area contributed by atoms with E-state index in [-0.39, 0.29) is 11.9 Å². The van der Waals surface area contributed by atoms with Crippen molar-refractivity contribution in [2.75, 3.05) is 5.32 Å². The second kappa shape index (κ2) is 7.14. The molecule has 2 aromatic carbocycles. The number of hydrogen-bond donors (Lipinski definition) is 3. The molecule has 7 heteroatoms. The number of aryl methyl sites for hydroxylation is 1. The number of thiazole rings is 1. The molecule has 1 aromatic heterocycles. The van der Waals surface area contributed by atoms with Gasteiger partial charge in [0.15, 0.2) is 5.96 Å². The molecule has 0 atom stereocenters. The number of rotatable bonds is 4. The Labute approximate surface area is 149 Å². The number of carbonyl (C=O) groups is 1. The smallest absolute Gasteiger partial charge is 0.255 e. The highest BCUT2D eigenvalue weighted by molar-refractivity contribution is 7.18.